The first kappa shape index (κ1) is 21.0. The number of para-hydroxylation sites is 1. The SMILES string of the molecule is CCOC(=O)Oc1ccc(C[C@H](N)C(=O)N2CCCc3cccc(O)c32)c(Cl)c1. The number of amides is 1. The van der Waals surface area contributed by atoms with E-state index in [-0.39, 0.29) is 30.4 Å². The molecule has 8 heteroatoms. The van der Waals surface area contributed by atoms with Crippen molar-refractivity contribution in [3.05, 3.63) is 52.5 Å². The molecule has 2 aromatic carbocycles. The summed E-state index contributed by atoms with van der Waals surface area (Å²) < 4.78 is 9.73. The van der Waals surface area contributed by atoms with Gasteiger partial charge in [0.05, 0.1) is 18.3 Å². The minimum atomic E-state index is -0.838. The number of phenolic OH excluding ortho intramolecular Hbond substituents is 1. The molecule has 0 saturated heterocycles. The van der Waals surface area contributed by atoms with Crippen LogP contribution in [-0.2, 0) is 22.4 Å². The molecule has 0 fully saturated rings. The van der Waals surface area contributed by atoms with Crippen LogP contribution >= 0.6 is 11.6 Å². The van der Waals surface area contributed by atoms with Crippen LogP contribution in [0.4, 0.5) is 10.5 Å². The Balaban J connectivity index is 1.72. The molecule has 1 atom stereocenters. The van der Waals surface area contributed by atoms with Crippen molar-refractivity contribution in [2.24, 2.45) is 5.73 Å². The van der Waals surface area contributed by atoms with Crippen LogP contribution in [0.5, 0.6) is 11.5 Å². The molecule has 1 heterocycles. The minimum Gasteiger partial charge on any atom is -0.506 e. The lowest BCUT2D eigenvalue weighted by Crippen LogP contribution is -2.47. The highest BCUT2D eigenvalue weighted by atomic mass is 35.5. The molecule has 0 bridgehead atoms. The van der Waals surface area contributed by atoms with Crippen molar-refractivity contribution in [2.75, 3.05) is 18.1 Å². The Hall–Kier alpha value is -2.77. The quantitative estimate of drug-likeness (QED) is 0.569. The van der Waals surface area contributed by atoms with E-state index in [1.807, 2.05) is 6.07 Å². The van der Waals surface area contributed by atoms with E-state index in [1.165, 1.54) is 6.07 Å². The molecule has 7 nitrogen and oxygen atoms in total. The second-order valence-electron chi connectivity index (χ2n) is 6.73. The number of carbonyl (C=O) groups excluding carboxylic acids is 2. The maximum absolute atomic E-state index is 13.0. The summed E-state index contributed by atoms with van der Waals surface area (Å²) in [7, 11) is 0. The smallest absolute Gasteiger partial charge is 0.506 e. The van der Waals surface area contributed by atoms with Crippen molar-refractivity contribution in [3.63, 3.8) is 0 Å². The summed E-state index contributed by atoms with van der Waals surface area (Å²) in [6.07, 6.45) is 0.995. The number of halogens is 1. The average Bonchev–Trinajstić information content (AvgIpc) is 2.69. The summed E-state index contributed by atoms with van der Waals surface area (Å²) in [5, 5.41) is 10.6. The molecule has 29 heavy (non-hydrogen) atoms. The van der Waals surface area contributed by atoms with Crippen molar-refractivity contribution in [3.8, 4) is 11.5 Å². The van der Waals surface area contributed by atoms with Gasteiger partial charge in [0.15, 0.2) is 0 Å². The van der Waals surface area contributed by atoms with Crippen LogP contribution in [0, 0.1) is 0 Å². The molecular weight excluding hydrogens is 396 g/mol. The molecule has 0 unspecified atom stereocenters. The second-order valence-corrected chi connectivity index (χ2v) is 7.13. The van der Waals surface area contributed by atoms with Gasteiger partial charge in [-0.1, -0.05) is 29.8 Å². The highest BCUT2D eigenvalue weighted by molar-refractivity contribution is 6.31. The first-order chi connectivity index (χ1) is 13.9. The van der Waals surface area contributed by atoms with Gasteiger partial charge in [0, 0.05) is 11.6 Å². The van der Waals surface area contributed by atoms with Gasteiger partial charge < -0.3 is 25.2 Å². The van der Waals surface area contributed by atoms with Gasteiger partial charge in [-0.15, -0.1) is 0 Å². The maximum Gasteiger partial charge on any atom is 0.513 e. The van der Waals surface area contributed by atoms with Gasteiger partial charge in [-0.2, -0.15) is 0 Å². The van der Waals surface area contributed by atoms with Crippen LogP contribution in [0.25, 0.3) is 0 Å². The number of anilines is 1. The number of fused-ring (bicyclic) bond motifs is 1. The molecule has 0 aromatic heterocycles. The van der Waals surface area contributed by atoms with Crippen molar-refractivity contribution in [1.29, 1.82) is 0 Å². The zero-order chi connectivity index (χ0) is 21.0. The molecule has 2 aromatic rings. The average molecular weight is 419 g/mol. The first-order valence-electron chi connectivity index (χ1n) is 9.41. The van der Waals surface area contributed by atoms with Gasteiger partial charge in [0.1, 0.15) is 11.5 Å². The van der Waals surface area contributed by atoms with Crippen LogP contribution in [0.1, 0.15) is 24.5 Å². The lowest BCUT2D eigenvalue weighted by atomic mass is 9.98. The third kappa shape index (κ3) is 4.81. The Kier molecular flexibility index (Phi) is 6.61. The minimum absolute atomic E-state index is 0.0706. The van der Waals surface area contributed by atoms with E-state index in [1.54, 1.807) is 36.1 Å². The number of rotatable bonds is 5. The number of hydrogen-bond donors (Lipinski definition) is 2. The summed E-state index contributed by atoms with van der Waals surface area (Å²) in [5.41, 5.74) is 8.29. The van der Waals surface area contributed by atoms with Crippen LogP contribution in [-0.4, -0.2) is 36.4 Å². The Morgan fingerprint density at radius 3 is 2.83 bits per heavy atom. The number of phenols is 1. The van der Waals surface area contributed by atoms with Gasteiger partial charge >= 0.3 is 6.16 Å². The van der Waals surface area contributed by atoms with E-state index in [9.17, 15) is 14.7 Å². The summed E-state index contributed by atoms with van der Waals surface area (Å²) in [4.78, 5) is 25.9. The van der Waals surface area contributed by atoms with Crippen LogP contribution in [0.15, 0.2) is 36.4 Å². The molecule has 0 saturated carbocycles. The summed E-state index contributed by atoms with van der Waals surface area (Å²) in [5.74, 6) is 0.0311. The van der Waals surface area contributed by atoms with Gasteiger partial charge in [-0.25, -0.2) is 4.79 Å². The van der Waals surface area contributed by atoms with Crippen molar-refractivity contribution in [2.45, 2.75) is 32.2 Å². The van der Waals surface area contributed by atoms with Crippen molar-refractivity contribution in [1.82, 2.24) is 0 Å². The Morgan fingerprint density at radius 2 is 2.10 bits per heavy atom. The molecule has 1 aliphatic heterocycles. The fraction of sp³-hybridized carbons (Fsp3) is 0.333. The highest BCUT2D eigenvalue weighted by Crippen LogP contribution is 2.36. The number of carbonyl (C=O) groups is 2. The topological polar surface area (TPSA) is 102 Å². The van der Waals surface area contributed by atoms with E-state index >= 15 is 0 Å². The molecular formula is C21H23ClN2O5. The lowest BCUT2D eigenvalue weighted by Gasteiger charge is -2.32. The normalized spacial score (nSPS) is 14.1. The van der Waals surface area contributed by atoms with Crippen LogP contribution < -0.4 is 15.4 Å². The zero-order valence-corrected chi connectivity index (χ0v) is 16.8. The Bertz CT molecular complexity index is 918. The number of benzene rings is 2. The maximum atomic E-state index is 13.0. The monoisotopic (exact) mass is 418 g/mol. The fourth-order valence-corrected chi connectivity index (χ4v) is 3.62. The van der Waals surface area contributed by atoms with Crippen molar-refractivity contribution < 1.29 is 24.2 Å². The number of nitrogens with zero attached hydrogens (tertiary/aromatic N) is 1. The third-order valence-corrected chi connectivity index (χ3v) is 5.06. The molecule has 3 rings (SSSR count). The molecule has 1 aliphatic rings. The number of hydrogen-bond acceptors (Lipinski definition) is 6. The lowest BCUT2D eigenvalue weighted by molar-refractivity contribution is -0.119. The van der Waals surface area contributed by atoms with Gasteiger partial charge in [-0.3, -0.25) is 4.79 Å². The van der Waals surface area contributed by atoms with E-state index in [0.29, 0.717) is 22.8 Å². The van der Waals surface area contributed by atoms with Crippen molar-refractivity contribution >= 4 is 29.4 Å². The number of aromatic hydroxyl groups is 1. The molecule has 3 N–H and O–H groups in total. The zero-order valence-electron chi connectivity index (χ0n) is 16.1. The molecule has 0 aliphatic carbocycles. The van der Waals surface area contributed by atoms with Gasteiger partial charge in [0.2, 0.25) is 5.91 Å². The first-order valence-corrected chi connectivity index (χ1v) is 9.79. The van der Waals surface area contributed by atoms with E-state index in [2.05, 4.69) is 0 Å². The van der Waals surface area contributed by atoms with E-state index in [0.717, 1.165) is 18.4 Å². The van der Waals surface area contributed by atoms with Gasteiger partial charge in [-0.05, 0) is 55.5 Å². The van der Waals surface area contributed by atoms with E-state index in [4.69, 9.17) is 26.8 Å². The molecule has 0 spiro atoms. The van der Waals surface area contributed by atoms with Gasteiger partial charge in [0.25, 0.3) is 0 Å². The standard InChI is InChI=1S/C21H23ClN2O5/c1-2-28-21(27)29-15-9-8-14(16(22)12-15)11-17(23)20(26)24-10-4-6-13-5-3-7-18(25)19(13)24/h3,5,7-9,12,17,25H,2,4,6,10-11,23H2,1H3/t17-/m0/s1. The third-order valence-electron chi connectivity index (χ3n) is 4.71. The summed E-state index contributed by atoms with van der Waals surface area (Å²) in [6.45, 7) is 2.38. The Morgan fingerprint density at radius 1 is 1.31 bits per heavy atom. The second kappa shape index (κ2) is 9.15. The molecule has 154 valence electrons. The van der Waals surface area contributed by atoms with Crippen LogP contribution in [0.2, 0.25) is 5.02 Å². The largest absolute Gasteiger partial charge is 0.513 e. The number of nitrogens with two attached hydrogens (primary N) is 1. The Labute approximate surface area is 174 Å². The highest BCUT2D eigenvalue weighted by Gasteiger charge is 2.29. The number of aryl methyl sites for hydroxylation is 1. The molecule has 1 amide bonds. The molecule has 0 radical (unpaired) electrons. The fourth-order valence-electron chi connectivity index (χ4n) is 3.38. The summed E-state index contributed by atoms with van der Waals surface area (Å²) >= 11 is 6.28. The predicted molar refractivity (Wildman–Crippen MR) is 110 cm³/mol. The number of ether oxygens (including phenoxy) is 2. The summed E-state index contributed by atoms with van der Waals surface area (Å²) in [6, 6.07) is 9.10. The van der Waals surface area contributed by atoms with Crippen LogP contribution in [0.3, 0.4) is 0 Å². The van der Waals surface area contributed by atoms with E-state index < -0.39 is 12.2 Å². The predicted octanol–water partition coefficient (Wildman–Crippen LogP) is 3.43.